The van der Waals surface area contributed by atoms with Crippen LogP contribution in [0.5, 0.6) is 0 Å². The summed E-state index contributed by atoms with van der Waals surface area (Å²) in [6.45, 7) is 2.18. The van der Waals surface area contributed by atoms with Crippen LogP contribution in [0.2, 0.25) is 0 Å². The van der Waals surface area contributed by atoms with Crippen molar-refractivity contribution >= 4 is 15.9 Å². The van der Waals surface area contributed by atoms with Gasteiger partial charge in [-0.25, -0.2) is 18.1 Å². The van der Waals surface area contributed by atoms with Crippen molar-refractivity contribution < 1.29 is 17.6 Å². The Balaban J connectivity index is 1.59. The van der Waals surface area contributed by atoms with Gasteiger partial charge in [-0.05, 0) is 43.3 Å². The van der Waals surface area contributed by atoms with Crippen molar-refractivity contribution in [1.29, 1.82) is 0 Å². The van der Waals surface area contributed by atoms with E-state index in [0.717, 1.165) is 11.1 Å². The quantitative estimate of drug-likeness (QED) is 0.636. The maximum absolute atomic E-state index is 12.4. The standard InChI is InChI=1S/C20H21N3O4S/c1-14-3-5-16(6-4-14)20-23-17(13-27-20)11-12-22-28(25,26)18-9-7-15(8-10-18)19(24)21-2/h3-10,13,22H,11-12H2,1-2H3,(H,21,24). The van der Waals surface area contributed by atoms with Crippen molar-refractivity contribution in [2.75, 3.05) is 13.6 Å². The Bertz CT molecular complexity index is 1060. The largest absolute Gasteiger partial charge is 0.444 e. The number of carbonyl (C=O) groups excluding carboxylic acids is 1. The van der Waals surface area contributed by atoms with E-state index in [4.69, 9.17) is 4.42 Å². The fourth-order valence-electron chi connectivity index (χ4n) is 2.58. The molecule has 2 aromatic carbocycles. The summed E-state index contributed by atoms with van der Waals surface area (Å²) in [5.41, 5.74) is 3.07. The third-order valence-corrected chi connectivity index (χ3v) is 5.65. The number of sulfonamides is 1. The number of amides is 1. The molecule has 0 bridgehead atoms. The van der Waals surface area contributed by atoms with E-state index in [-0.39, 0.29) is 17.3 Å². The first-order valence-corrected chi connectivity index (χ1v) is 10.2. The van der Waals surface area contributed by atoms with Gasteiger partial charge in [-0.15, -0.1) is 0 Å². The van der Waals surface area contributed by atoms with E-state index in [0.29, 0.717) is 23.6 Å². The first kappa shape index (κ1) is 19.8. The Labute approximate surface area is 163 Å². The van der Waals surface area contributed by atoms with Gasteiger partial charge in [0.05, 0.1) is 10.6 Å². The predicted molar refractivity (Wildman–Crippen MR) is 105 cm³/mol. The topological polar surface area (TPSA) is 101 Å². The number of hydrogen-bond donors (Lipinski definition) is 2. The second kappa shape index (κ2) is 8.37. The van der Waals surface area contributed by atoms with E-state index < -0.39 is 10.0 Å². The van der Waals surface area contributed by atoms with Crippen LogP contribution in [0.25, 0.3) is 11.5 Å². The molecule has 1 heterocycles. The molecule has 28 heavy (non-hydrogen) atoms. The van der Waals surface area contributed by atoms with Crippen LogP contribution in [0.3, 0.4) is 0 Å². The van der Waals surface area contributed by atoms with E-state index in [2.05, 4.69) is 15.0 Å². The van der Waals surface area contributed by atoms with Crippen molar-refractivity contribution in [3.8, 4) is 11.5 Å². The van der Waals surface area contributed by atoms with Crippen LogP contribution in [0.4, 0.5) is 0 Å². The van der Waals surface area contributed by atoms with Crippen LogP contribution < -0.4 is 10.0 Å². The molecule has 7 nitrogen and oxygen atoms in total. The molecule has 1 amide bonds. The minimum atomic E-state index is -3.67. The van der Waals surface area contributed by atoms with Crippen LogP contribution in [-0.4, -0.2) is 32.9 Å². The van der Waals surface area contributed by atoms with Gasteiger partial charge in [0.15, 0.2) is 0 Å². The summed E-state index contributed by atoms with van der Waals surface area (Å²) >= 11 is 0. The Kier molecular flexibility index (Phi) is 5.91. The molecule has 0 saturated carbocycles. The van der Waals surface area contributed by atoms with Crippen molar-refractivity contribution in [2.45, 2.75) is 18.2 Å². The van der Waals surface area contributed by atoms with Gasteiger partial charge in [0, 0.05) is 31.1 Å². The first-order chi connectivity index (χ1) is 13.4. The summed E-state index contributed by atoms with van der Waals surface area (Å²) in [6.07, 6.45) is 1.92. The maximum Gasteiger partial charge on any atom is 0.251 e. The van der Waals surface area contributed by atoms with Gasteiger partial charge in [0.1, 0.15) is 6.26 Å². The molecular weight excluding hydrogens is 378 g/mol. The Hall–Kier alpha value is -2.97. The number of nitrogens with zero attached hydrogens (tertiary/aromatic N) is 1. The highest BCUT2D eigenvalue weighted by Gasteiger charge is 2.15. The molecule has 0 spiro atoms. The van der Waals surface area contributed by atoms with E-state index in [1.165, 1.54) is 37.6 Å². The summed E-state index contributed by atoms with van der Waals surface area (Å²) in [4.78, 5) is 16.0. The first-order valence-electron chi connectivity index (χ1n) is 8.72. The Morgan fingerprint density at radius 3 is 2.39 bits per heavy atom. The monoisotopic (exact) mass is 399 g/mol. The molecule has 1 aromatic heterocycles. The lowest BCUT2D eigenvalue weighted by Gasteiger charge is -2.06. The lowest BCUT2D eigenvalue weighted by Crippen LogP contribution is -2.26. The van der Waals surface area contributed by atoms with E-state index in [1.54, 1.807) is 0 Å². The third-order valence-electron chi connectivity index (χ3n) is 4.18. The van der Waals surface area contributed by atoms with Gasteiger partial charge < -0.3 is 9.73 Å². The lowest BCUT2D eigenvalue weighted by molar-refractivity contribution is 0.0963. The molecule has 0 aliphatic rings. The highest BCUT2D eigenvalue weighted by molar-refractivity contribution is 7.89. The SMILES string of the molecule is CNC(=O)c1ccc(S(=O)(=O)NCCc2coc(-c3ccc(C)cc3)n2)cc1. The summed E-state index contributed by atoms with van der Waals surface area (Å²) in [6, 6.07) is 13.5. The van der Waals surface area contributed by atoms with Crippen molar-refractivity contribution in [3.63, 3.8) is 0 Å². The second-order valence-electron chi connectivity index (χ2n) is 6.26. The number of benzene rings is 2. The summed E-state index contributed by atoms with van der Waals surface area (Å²) in [5.74, 6) is 0.231. The molecule has 3 rings (SSSR count). The summed E-state index contributed by atoms with van der Waals surface area (Å²) in [5, 5.41) is 2.49. The van der Waals surface area contributed by atoms with Crippen LogP contribution in [0, 0.1) is 6.92 Å². The highest BCUT2D eigenvalue weighted by Crippen LogP contribution is 2.19. The minimum absolute atomic E-state index is 0.0978. The average molecular weight is 399 g/mol. The lowest BCUT2D eigenvalue weighted by atomic mass is 10.1. The molecule has 3 aromatic rings. The predicted octanol–water partition coefficient (Wildman–Crippen LogP) is 2.53. The molecule has 0 saturated heterocycles. The van der Waals surface area contributed by atoms with Crippen LogP contribution >= 0.6 is 0 Å². The summed E-state index contributed by atoms with van der Waals surface area (Å²) in [7, 11) is -2.15. The molecule has 8 heteroatoms. The van der Waals surface area contributed by atoms with Gasteiger partial charge in [-0.1, -0.05) is 17.7 Å². The molecule has 0 aliphatic heterocycles. The molecule has 146 valence electrons. The molecular formula is C20H21N3O4S. The second-order valence-corrected chi connectivity index (χ2v) is 8.03. The normalized spacial score (nSPS) is 11.4. The maximum atomic E-state index is 12.4. The molecule has 0 unspecified atom stereocenters. The van der Waals surface area contributed by atoms with Crippen molar-refractivity contribution in [3.05, 3.63) is 71.6 Å². The van der Waals surface area contributed by atoms with Gasteiger partial charge in [0.2, 0.25) is 15.9 Å². The third kappa shape index (κ3) is 4.65. The smallest absolute Gasteiger partial charge is 0.251 e. The fraction of sp³-hybridized carbons (Fsp3) is 0.200. The van der Waals surface area contributed by atoms with Gasteiger partial charge in [0.25, 0.3) is 5.91 Å². The van der Waals surface area contributed by atoms with Crippen LogP contribution in [-0.2, 0) is 16.4 Å². The molecule has 2 N–H and O–H groups in total. The molecule has 0 radical (unpaired) electrons. The summed E-state index contributed by atoms with van der Waals surface area (Å²) < 4.78 is 32.8. The number of aromatic nitrogens is 1. The molecule has 0 fully saturated rings. The van der Waals surface area contributed by atoms with Gasteiger partial charge >= 0.3 is 0 Å². The Morgan fingerprint density at radius 1 is 1.07 bits per heavy atom. The number of hydrogen-bond acceptors (Lipinski definition) is 5. The highest BCUT2D eigenvalue weighted by atomic mass is 32.2. The van der Waals surface area contributed by atoms with Crippen LogP contribution in [0.15, 0.2) is 64.1 Å². The Morgan fingerprint density at radius 2 is 1.75 bits per heavy atom. The van der Waals surface area contributed by atoms with E-state index >= 15 is 0 Å². The minimum Gasteiger partial charge on any atom is -0.444 e. The number of carbonyl (C=O) groups is 1. The van der Waals surface area contributed by atoms with E-state index in [9.17, 15) is 13.2 Å². The zero-order valence-electron chi connectivity index (χ0n) is 15.6. The van der Waals surface area contributed by atoms with E-state index in [1.807, 2.05) is 31.2 Å². The number of aryl methyl sites for hydroxylation is 1. The number of oxazole rings is 1. The number of rotatable bonds is 7. The van der Waals surface area contributed by atoms with Gasteiger partial charge in [-0.3, -0.25) is 4.79 Å². The zero-order valence-corrected chi connectivity index (χ0v) is 16.4. The van der Waals surface area contributed by atoms with Crippen LogP contribution in [0.1, 0.15) is 21.6 Å². The van der Waals surface area contributed by atoms with Crippen molar-refractivity contribution in [2.24, 2.45) is 0 Å². The molecule has 0 atom stereocenters. The fourth-order valence-corrected chi connectivity index (χ4v) is 3.61. The van der Waals surface area contributed by atoms with Crippen molar-refractivity contribution in [1.82, 2.24) is 15.0 Å². The average Bonchev–Trinajstić information content (AvgIpc) is 3.16. The van der Waals surface area contributed by atoms with Gasteiger partial charge in [-0.2, -0.15) is 0 Å². The molecule has 0 aliphatic carbocycles. The number of nitrogens with one attached hydrogen (secondary N) is 2. The zero-order chi connectivity index (χ0) is 20.1.